The van der Waals surface area contributed by atoms with E-state index in [4.69, 9.17) is 0 Å². The fourth-order valence-corrected chi connectivity index (χ4v) is 2.62. The second kappa shape index (κ2) is 6.48. The van der Waals surface area contributed by atoms with Gasteiger partial charge in [0.25, 0.3) is 0 Å². The number of hydrogen-bond acceptors (Lipinski definition) is 2. The Morgan fingerprint density at radius 2 is 1.80 bits per heavy atom. The summed E-state index contributed by atoms with van der Waals surface area (Å²) in [7, 11) is 0. The van der Waals surface area contributed by atoms with Gasteiger partial charge in [-0.1, -0.05) is 18.2 Å². The Morgan fingerprint density at radius 3 is 2.35 bits per heavy atom. The van der Waals surface area contributed by atoms with Crippen molar-refractivity contribution in [3.05, 3.63) is 30.3 Å². The molecule has 0 amide bonds. The van der Waals surface area contributed by atoms with Crippen LogP contribution in [0.1, 0.15) is 19.8 Å². The Hall–Kier alpha value is -1.23. The average molecular weight is 286 g/mol. The Bertz CT molecular complexity index is 397. The van der Waals surface area contributed by atoms with Crippen molar-refractivity contribution in [2.24, 2.45) is 5.92 Å². The molecule has 1 aliphatic rings. The highest BCUT2D eigenvalue weighted by atomic mass is 19.4. The molecule has 2 rings (SSSR count). The van der Waals surface area contributed by atoms with Gasteiger partial charge in [0.05, 0.1) is 5.92 Å². The molecule has 0 radical (unpaired) electrons. The number of anilines is 1. The number of rotatable bonds is 4. The van der Waals surface area contributed by atoms with Gasteiger partial charge >= 0.3 is 6.18 Å². The molecule has 0 saturated carbocycles. The lowest BCUT2D eigenvalue weighted by molar-refractivity contribution is -0.185. The second-order valence-electron chi connectivity index (χ2n) is 5.45. The highest BCUT2D eigenvalue weighted by Crippen LogP contribution is 2.34. The van der Waals surface area contributed by atoms with E-state index in [1.807, 2.05) is 30.3 Å². The summed E-state index contributed by atoms with van der Waals surface area (Å²) in [5, 5.41) is 3.32. The standard InChI is InChI=1S/C15H21F3N2/c1-12(11-19-14-5-3-2-4-6-14)20-9-7-13(8-10-20)15(16,17)18/h2-6,12-13,19H,7-11H2,1H3. The van der Waals surface area contributed by atoms with Crippen molar-refractivity contribution in [2.45, 2.75) is 32.0 Å². The third-order valence-corrected chi connectivity index (χ3v) is 3.99. The minimum atomic E-state index is -4.03. The number of para-hydroxylation sites is 1. The van der Waals surface area contributed by atoms with Gasteiger partial charge in [-0.05, 0) is 45.0 Å². The molecule has 1 aromatic carbocycles. The highest BCUT2D eigenvalue weighted by Gasteiger charge is 2.41. The molecule has 1 N–H and O–H groups in total. The molecule has 1 atom stereocenters. The molecule has 2 nitrogen and oxygen atoms in total. The normalized spacial score (nSPS) is 19.8. The summed E-state index contributed by atoms with van der Waals surface area (Å²) in [5.41, 5.74) is 1.05. The van der Waals surface area contributed by atoms with Crippen LogP contribution in [-0.2, 0) is 0 Å². The van der Waals surface area contributed by atoms with Crippen molar-refractivity contribution in [3.63, 3.8) is 0 Å². The van der Waals surface area contributed by atoms with Crippen molar-refractivity contribution in [1.29, 1.82) is 0 Å². The summed E-state index contributed by atoms with van der Waals surface area (Å²) in [6.45, 7) is 3.87. The van der Waals surface area contributed by atoms with Gasteiger partial charge < -0.3 is 5.32 Å². The van der Waals surface area contributed by atoms with Crippen LogP contribution in [-0.4, -0.2) is 36.8 Å². The Balaban J connectivity index is 1.76. The van der Waals surface area contributed by atoms with Crippen LogP contribution in [0, 0.1) is 5.92 Å². The van der Waals surface area contributed by atoms with Gasteiger partial charge in [0, 0.05) is 18.3 Å². The van der Waals surface area contributed by atoms with E-state index in [0.29, 0.717) is 13.1 Å². The lowest BCUT2D eigenvalue weighted by Crippen LogP contribution is -2.45. The van der Waals surface area contributed by atoms with Crippen LogP contribution >= 0.6 is 0 Å². The lowest BCUT2D eigenvalue weighted by atomic mass is 9.95. The van der Waals surface area contributed by atoms with Gasteiger partial charge in [-0.15, -0.1) is 0 Å². The zero-order valence-electron chi connectivity index (χ0n) is 11.7. The number of halogens is 3. The van der Waals surface area contributed by atoms with Crippen LogP contribution in [0.15, 0.2) is 30.3 Å². The predicted molar refractivity (Wildman–Crippen MR) is 74.7 cm³/mol. The Kier molecular flexibility index (Phi) is 4.91. The average Bonchev–Trinajstić information content (AvgIpc) is 2.45. The van der Waals surface area contributed by atoms with Crippen molar-refractivity contribution in [2.75, 3.05) is 25.0 Å². The number of nitrogens with one attached hydrogen (secondary N) is 1. The number of benzene rings is 1. The molecule has 1 heterocycles. The van der Waals surface area contributed by atoms with Crippen molar-refractivity contribution in [1.82, 2.24) is 4.90 Å². The van der Waals surface area contributed by atoms with Crippen molar-refractivity contribution in [3.8, 4) is 0 Å². The highest BCUT2D eigenvalue weighted by molar-refractivity contribution is 5.42. The molecule has 1 fully saturated rings. The largest absolute Gasteiger partial charge is 0.391 e. The van der Waals surface area contributed by atoms with Crippen molar-refractivity contribution < 1.29 is 13.2 Å². The van der Waals surface area contributed by atoms with E-state index in [0.717, 1.165) is 12.2 Å². The van der Waals surface area contributed by atoms with Crippen LogP contribution in [0.25, 0.3) is 0 Å². The minimum absolute atomic E-state index is 0.221. The van der Waals surface area contributed by atoms with Gasteiger partial charge in [0.2, 0.25) is 0 Å². The summed E-state index contributed by atoms with van der Waals surface area (Å²) in [6.07, 6.45) is -3.59. The number of likely N-dealkylation sites (tertiary alicyclic amines) is 1. The monoisotopic (exact) mass is 286 g/mol. The fraction of sp³-hybridized carbons (Fsp3) is 0.600. The molecular weight excluding hydrogens is 265 g/mol. The zero-order valence-corrected chi connectivity index (χ0v) is 11.7. The van der Waals surface area contributed by atoms with E-state index in [1.165, 1.54) is 0 Å². The molecule has 0 spiro atoms. The third kappa shape index (κ3) is 4.13. The zero-order chi connectivity index (χ0) is 14.6. The number of alkyl halides is 3. The third-order valence-electron chi connectivity index (χ3n) is 3.99. The minimum Gasteiger partial charge on any atom is -0.383 e. The summed E-state index contributed by atoms with van der Waals surface area (Å²) in [4.78, 5) is 2.14. The van der Waals surface area contributed by atoms with E-state index in [9.17, 15) is 13.2 Å². The van der Waals surface area contributed by atoms with Gasteiger partial charge in [-0.25, -0.2) is 0 Å². The van der Waals surface area contributed by atoms with Crippen LogP contribution in [0.4, 0.5) is 18.9 Å². The Labute approximate surface area is 118 Å². The van der Waals surface area contributed by atoms with Gasteiger partial charge in [-0.2, -0.15) is 13.2 Å². The molecule has 5 heteroatoms. The van der Waals surface area contributed by atoms with Crippen molar-refractivity contribution >= 4 is 5.69 Å². The molecule has 0 aliphatic carbocycles. The molecule has 112 valence electrons. The number of nitrogens with zero attached hydrogens (tertiary/aromatic N) is 1. The molecule has 20 heavy (non-hydrogen) atoms. The van der Waals surface area contributed by atoms with E-state index in [-0.39, 0.29) is 18.9 Å². The maximum atomic E-state index is 12.6. The maximum absolute atomic E-state index is 12.6. The van der Waals surface area contributed by atoms with Gasteiger partial charge in [0.15, 0.2) is 0 Å². The molecule has 1 aromatic rings. The van der Waals surface area contributed by atoms with Gasteiger partial charge in [0.1, 0.15) is 0 Å². The number of hydrogen-bond donors (Lipinski definition) is 1. The fourth-order valence-electron chi connectivity index (χ4n) is 2.62. The predicted octanol–water partition coefficient (Wildman–Crippen LogP) is 3.76. The van der Waals surface area contributed by atoms with Crippen LogP contribution in [0.2, 0.25) is 0 Å². The second-order valence-corrected chi connectivity index (χ2v) is 5.45. The topological polar surface area (TPSA) is 15.3 Å². The van der Waals surface area contributed by atoms with E-state index in [1.54, 1.807) is 0 Å². The van der Waals surface area contributed by atoms with Crippen LogP contribution < -0.4 is 5.32 Å². The first kappa shape index (κ1) is 15.2. The smallest absolute Gasteiger partial charge is 0.383 e. The summed E-state index contributed by atoms with van der Waals surface area (Å²) in [5.74, 6) is -1.12. The first-order chi connectivity index (χ1) is 9.47. The maximum Gasteiger partial charge on any atom is 0.391 e. The number of piperidine rings is 1. The van der Waals surface area contributed by atoms with E-state index >= 15 is 0 Å². The SMILES string of the molecule is CC(CNc1ccccc1)N1CCC(C(F)(F)F)CC1. The Morgan fingerprint density at radius 1 is 1.20 bits per heavy atom. The molecule has 0 bridgehead atoms. The summed E-state index contributed by atoms with van der Waals surface area (Å²) >= 11 is 0. The molecule has 1 saturated heterocycles. The molecule has 1 unspecified atom stereocenters. The van der Waals surface area contributed by atoms with E-state index < -0.39 is 12.1 Å². The first-order valence-electron chi connectivity index (χ1n) is 7.06. The van der Waals surface area contributed by atoms with Crippen LogP contribution in [0.3, 0.4) is 0 Å². The summed E-state index contributed by atoms with van der Waals surface area (Å²) in [6, 6.07) is 10.1. The van der Waals surface area contributed by atoms with Gasteiger partial charge in [-0.3, -0.25) is 4.90 Å². The first-order valence-corrected chi connectivity index (χ1v) is 7.06. The molecule has 0 aromatic heterocycles. The molecular formula is C15H21F3N2. The van der Waals surface area contributed by atoms with E-state index in [2.05, 4.69) is 17.1 Å². The molecule has 1 aliphatic heterocycles. The lowest BCUT2D eigenvalue weighted by Gasteiger charge is -2.36. The quantitative estimate of drug-likeness (QED) is 0.906. The summed E-state index contributed by atoms with van der Waals surface area (Å²) < 4.78 is 37.8. The van der Waals surface area contributed by atoms with Crippen LogP contribution in [0.5, 0.6) is 0 Å².